The Bertz CT molecular complexity index is 621. The lowest BCUT2D eigenvalue weighted by Crippen LogP contribution is -2.49. The normalized spacial score (nSPS) is 35.1. The minimum Gasteiger partial charge on any atom is -0.335 e. The van der Waals surface area contributed by atoms with Crippen LogP contribution in [0.25, 0.3) is 0 Å². The molecule has 0 saturated heterocycles. The summed E-state index contributed by atoms with van der Waals surface area (Å²) in [6.45, 7) is 0. The quantitative estimate of drug-likeness (QED) is 0.635. The van der Waals surface area contributed by atoms with Crippen molar-refractivity contribution < 1.29 is 0 Å². The Hall–Kier alpha value is -1.47. The number of anilines is 1. The lowest BCUT2D eigenvalue weighted by molar-refractivity contribution is 0.00184. The molecule has 1 N–H and O–H groups in total. The van der Waals surface area contributed by atoms with Crippen LogP contribution in [0.15, 0.2) is 29.3 Å². The molecule has 5 rings (SSSR count). The van der Waals surface area contributed by atoms with Gasteiger partial charge in [0.25, 0.3) is 0 Å². The topological polar surface area (TPSA) is 48.2 Å². The number of amidine groups is 1. The average Bonchev–Trinajstić information content (AvgIpc) is 2.53. The summed E-state index contributed by atoms with van der Waals surface area (Å²) < 4.78 is 0. The van der Waals surface area contributed by atoms with Crippen molar-refractivity contribution in [1.29, 1.82) is 5.26 Å². The van der Waals surface area contributed by atoms with Crippen molar-refractivity contribution in [2.75, 3.05) is 11.6 Å². The summed E-state index contributed by atoms with van der Waals surface area (Å²) in [6.07, 6.45) is 10.3. The Kier molecular flexibility index (Phi) is 3.85. The molecule has 4 aliphatic carbocycles. The predicted octanol–water partition coefficient (Wildman–Crippen LogP) is 4.66. The van der Waals surface area contributed by atoms with Gasteiger partial charge in [0.05, 0.1) is 17.2 Å². The van der Waals surface area contributed by atoms with Crippen LogP contribution in [0.2, 0.25) is 0 Å². The number of nitriles is 1. The summed E-state index contributed by atoms with van der Waals surface area (Å²) in [6, 6.07) is 9.79. The van der Waals surface area contributed by atoms with Crippen LogP contribution in [-0.4, -0.2) is 17.0 Å². The fourth-order valence-electron chi connectivity index (χ4n) is 5.29. The van der Waals surface area contributed by atoms with E-state index in [1.165, 1.54) is 38.5 Å². The van der Waals surface area contributed by atoms with Gasteiger partial charge in [0.15, 0.2) is 5.17 Å². The summed E-state index contributed by atoms with van der Waals surface area (Å²) in [5.74, 6) is 2.76. The van der Waals surface area contributed by atoms with Crippen molar-refractivity contribution in [1.82, 2.24) is 0 Å². The fraction of sp³-hybridized carbons (Fsp3) is 0.579. The summed E-state index contributed by atoms with van der Waals surface area (Å²) in [5, 5.41) is 13.4. The summed E-state index contributed by atoms with van der Waals surface area (Å²) >= 11 is 1.70. The van der Waals surface area contributed by atoms with Gasteiger partial charge in [-0.2, -0.15) is 5.26 Å². The summed E-state index contributed by atoms with van der Waals surface area (Å²) in [5.41, 5.74) is 1.91. The molecule has 4 aliphatic rings. The molecule has 0 unspecified atom stereocenters. The molecule has 4 bridgehead atoms. The van der Waals surface area contributed by atoms with Gasteiger partial charge >= 0.3 is 0 Å². The van der Waals surface area contributed by atoms with E-state index >= 15 is 0 Å². The van der Waals surface area contributed by atoms with E-state index in [1.807, 2.05) is 24.3 Å². The Morgan fingerprint density at radius 2 is 1.70 bits per heavy atom. The highest BCUT2D eigenvalue weighted by atomic mass is 32.2. The highest BCUT2D eigenvalue weighted by Crippen LogP contribution is 2.57. The maximum absolute atomic E-state index is 8.90. The van der Waals surface area contributed by atoms with Crippen LogP contribution >= 0.6 is 11.8 Å². The van der Waals surface area contributed by atoms with E-state index < -0.39 is 0 Å². The van der Waals surface area contributed by atoms with Gasteiger partial charge in [-0.15, -0.1) is 0 Å². The molecule has 0 radical (unpaired) electrons. The van der Waals surface area contributed by atoms with Crippen molar-refractivity contribution in [2.45, 2.75) is 44.1 Å². The van der Waals surface area contributed by atoms with Crippen molar-refractivity contribution in [3.63, 3.8) is 0 Å². The van der Waals surface area contributed by atoms with Crippen LogP contribution < -0.4 is 5.32 Å². The SMILES string of the molecule is CSC(=NC12CC3CC(CC(C3)C1)C2)Nc1ccc(C#N)cc1. The smallest absolute Gasteiger partial charge is 0.161 e. The van der Waals surface area contributed by atoms with Gasteiger partial charge in [-0.1, -0.05) is 11.8 Å². The molecule has 0 atom stereocenters. The van der Waals surface area contributed by atoms with Gasteiger partial charge < -0.3 is 5.32 Å². The Labute approximate surface area is 142 Å². The largest absolute Gasteiger partial charge is 0.335 e. The molecule has 4 fully saturated rings. The van der Waals surface area contributed by atoms with Crippen molar-refractivity contribution in [2.24, 2.45) is 22.7 Å². The van der Waals surface area contributed by atoms with Crippen molar-refractivity contribution in [3.05, 3.63) is 29.8 Å². The van der Waals surface area contributed by atoms with Crippen LogP contribution in [-0.2, 0) is 0 Å². The average molecular weight is 325 g/mol. The zero-order valence-electron chi connectivity index (χ0n) is 13.6. The molecular weight excluding hydrogens is 302 g/mol. The van der Waals surface area contributed by atoms with Crippen LogP contribution in [0.3, 0.4) is 0 Å². The van der Waals surface area contributed by atoms with E-state index in [0.717, 1.165) is 28.6 Å². The zero-order chi connectivity index (χ0) is 15.9. The molecule has 4 heteroatoms. The van der Waals surface area contributed by atoms with Crippen LogP contribution in [0.4, 0.5) is 5.69 Å². The number of benzene rings is 1. The van der Waals surface area contributed by atoms with Gasteiger partial charge in [0, 0.05) is 5.69 Å². The first-order valence-corrected chi connectivity index (χ1v) is 9.81. The number of hydrogen-bond acceptors (Lipinski definition) is 3. The molecule has 23 heavy (non-hydrogen) atoms. The second-order valence-corrected chi connectivity index (χ2v) is 8.37. The van der Waals surface area contributed by atoms with E-state index in [2.05, 4.69) is 17.6 Å². The Morgan fingerprint density at radius 3 is 2.17 bits per heavy atom. The number of aliphatic imine (C=N–C) groups is 1. The molecule has 0 spiro atoms. The molecule has 1 aromatic carbocycles. The van der Waals surface area contributed by atoms with Gasteiger partial charge in [-0.3, -0.25) is 4.99 Å². The third kappa shape index (κ3) is 2.99. The molecular formula is C19H23N3S. The fourth-order valence-corrected chi connectivity index (χ4v) is 5.80. The Morgan fingerprint density at radius 1 is 1.13 bits per heavy atom. The number of thioether (sulfide) groups is 1. The molecule has 0 aliphatic heterocycles. The van der Waals surface area contributed by atoms with Gasteiger partial charge in [0.1, 0.15) is 0 Å². The lowest BCUT2D eigenvalue weighted by Gasteiger charge is -2.55. The molecule has 3 nitrogen and oxygen atoms in total. The molecule has 0 aromatic heterocycles. The van der Waals surface area contributed by atoms with E-state index in [0.29, 0.717) is 5.56 Å². The van der Waals surface area contributed by atoms with Crippen LogP contribution in [0.5, 0.6) is 0 Å². The zero-order valence-corrected chi connectivity index (χ0v) is 14.4. The van der Waals surface area contributed by atoms with Gasteiger partial charge in [0.2, 0.25) is 0 Å². The number of rotatable bonds is 2. The molecule has 1 aromatic rings. The minimum atomic E-state index is 0.201. The first-order valence-electron chi connectivity index (χ1n) is 8.59. The maximum atomic E-state index is 8.90. The van der Waals surface area contributed by atoms with Crippen LogP contribution in [0.1, 0.15) is 44.1 Å². The molecule has 120 valence electrons. The molecule has 0 amide bonds. The second kappa shape index (κ2) is 5.87. The first-order chi connectivity index (χ1) is 11.2. The highest BCUT2D eigenvalue weighted by Gasteiger charge is 2.51. The van der Waals surface area contributed by atoms with E-state index in [4.69, 9.17) is 10.3 Å². The minimum absolute atomic E-state index is 0.201. The van der Waals surface area contributed by atoms with E-state index in [-0.39, 0.29) is 5.54 Å². The standard InChI is InChI=1S/C19H23N3S/c1-23-18(21-17-4-2-13(12-20)3-5-17)22-19-9-14-6-15(10-19)8-16(7-14)11-19/h2-5,14-16H,6-11H2,1H3,(H,21,22). The third-order valence-electron chi connectivity index (χ3n) is 5.80. The molecule has 4 saturated carbocycles. The molecule has 0 heterocycles. The lowest BCUT2D eigenvalue weighted by atomic mass is 9.53. The monoisotopic (exact) mass is 325 g/mol. The van der Waals surface area contributed by atoms with Gasteiger partial charge in [-0.05, 0) is 86.8 Å². The predicted molar refractivity (Wildman–Crippen MR) is 96.6 cm³/mol. The third-order valence-corrected chi connectivity index (χ3v) is 6.38. The van der Waals surface area contributed by atoms with Crippen LogP contribution in [0, 0.1) is 29.1 Å². The first kappa shape index (κ1) is 15.1. The number of nitrogens with zero attached hydrogens (tertiary/aromatic N) is 2. The van der Waals surface area contributed by atoms with E-state index in [9.17, 15) is 0 Å². The summed E-state index contributed by atoms with van der Waals surface area (Å²) in [4.78, 5) is 5.23. The summed E-state index contributed by atoms with van der Waals surface area (Å²) in [7, 11) is 0. The highest BCUT2D eigenvalue weighted by molar-refractivity contribution is 8.13. The van der Waals surface area contributed by atoms with Crippen molar-refractivity contribution in [3.8, 4) is 6.07 Å². The van der Waals surface area contributed by atoms with E-state index in [1.54, 1.807) is 11.8 Å². The van der Waals surface area contributed by atoms with Crippen molar-refractivity contribution >= 4 is 22.6 Å². The number of hydrogen-bond donors (Lipinski definition) is 1. The maximum Gasteiger partial charge on any atom is 0.161 e. The van der Waals surface area contributed by atoms with Gasteiger partial charge in [-0.25, -0.2) is 0 Å². The Balaban J connectivity index is 1.54. The number of nitrogens with one attached hydrogen (secondary N) is 1. The second-order valence-electron chi connectivity index (χ2n) is 7.58.